The predicted octanol–water partition coefficient (Wildman–Crippen LogP) is 6.64. The molecule has 2 aromatic carbocycles. The van der Waals surface area contributed by atoms with Crippen molar-refractivity contribution in [3.05, 3.63) is 57.6 Å². The average molecular weight is 430 g/mol. The van der Waals surface area contributed by atoms with Gasteiger partial charge in [-0.3, -0.25) is 4.79 Å². The molecule has 1 saturated heterocycles. The molecule has 1 aliphatic rings. The second-order valence-electron chi connectivity index (χ2n) is 6.96. The summed E-state index contributed by atoms with van der Waals surface area (Å²) in [6, 6.07) is 10.6. The van der Waals surface area contributed by atoms with E-state index in [4.69, 9.17) is 23.2 Å². The largest absolute Gasteiger partial charge is 0.391 e. The standard InChI is InChI=1S/C21H20Cl2F3NO/c1-2-17-18(22)11-15(12-19(17)23)13-3-5-14(6-4-13)20(28)27-9-7-16(8-10-27)21(24,25)26/h3-6,11-12,16H,2,7-10H2,1H3. The molecule has 0 saturated carbocycles. The monoisotopic (exact) mass is 429 g/mol. The van der Waals surface area contributed by atoms with E-state index in [1.54, 1.807) is 24.3 Å². The van der Waals surface area contributed by atoms with Gasteiger partial charge in [-0.2, -0.15) is 13.2 Å². The highest BCUT2D eigenvalue weighted by molar-refractivity contribution is 6.36. The highest BCUT2D eigenvalue weighted by atomic mass is 35.5. The molecule has 0 aromatic heterocycles. The lowest BCUT2D eigenvalue weighted by atomic mass is 9.95. The van der Waals surface area contributed by atoms with Crippen molar-refractivity contribution in [2.45, 2.75) is 32.4 Å². The molecule has 0 radical (unpaired) electrons. The van der Waals surface area contributed by atoms with Crippen molar-refractivity contribution in [2.24, 2.45) is 5.92 Å². The maximum absolute atomic E-state index is 12.8. The third kappa shape index (κ3) is 4.47. The number of piperidine rings is 1. The SMILES string of the molecule is CCc1c(Cl)cc(-c2ccc(C(=O)N3CCC(C(F)(F)F)CC3)cc2)cc1Cl. The molecule has 7 heteroatoms. The van der Waals surface area contributed by atoms with E-state index in [1.165, 1.54) is 4.90 Å². The second-order valence-corrected chi connectivity index (χ2v) is 7.77. The molecule has 28 heavy (non-hydrogen) atoms. The van der Waals surface area contributed by atoms with Gasteiger partial charge >= 0.3 is 6.18 Å². The van der Waals surface area contributed by atoms with Gasteiger partial charge < -0.3 is 4.90 Å². The molecule has 3 rings (SSSR count). The van der Waals surface area contributed by atoms with Crippen molar-refractivity contribution in [3.63, 3.8) is 0 Å². The molecule has 150 valence electrons. The van der Waals surface area contributed by atoms with Gasteiger partial charge in [-0.05, 0) is 60.2 Å². The molecule has 2 aromatic rings. The van der Waals surface area contributed by atoms with Crippen LogP contribution in [0.15, 0.2) is 36.4 Å². The maximum atomic E-state index is 12.8. The fraction of sp³-hybridized carbons (Fsp3) is 0.381. The summed E-state index contributed by atoms with van der Waals surface area (Å²) in [4.78, 5) is 14.1. The molecule has 0 aliphatic carbocycles. The van der Waals surface area contributed by atoms with Crippen LogP contribution in [-0.4, -0.2) is 30.1 Å². The lowest BCUT2D eigenvalue weighted by Gasteiger charge is -2.33. The minimum Gasteiger partial charge on any atom is -0.339 e. The zero-order valence-electron chi connectivity index (χ0n) is 15.3. The summed E-state index contributed by atoms with van der Waals surface area (Å²) in [5.41, 5.74) is 3.05. The summed E-state index contributed by atoms with van der Waals surface area (Å²) in [6.45, 7) is 2.22. The lowest BCUT2D eigenvalue weighted by molar-refractivity contribution is -0.183. The van der Waals surface area contributed by atoms with Crippen LogP contribution in [0.1, 0.15) is 35.7 Å². The first-order valence-corrected chi connectivity index (χ1v) is 9.90. The van der Waals surface area contributed by atoms with Crippen molar-refractivity contribution in [3.8, 4) is 11.1 Å². The van der Waals surface area contributed by atoms with Crippen LogP contribution in [0.4, 0.5) is 13.2 Å². The Labute approximate surface area is 172 Å². The number of alkyl halides is 3. The third-order valence-electron chi connectivity index (χ3n) is 5.20. The number of carbonyl (C=O) groups is 1. The zero-order valence-corrected chi connectivity index (χ0v) is 16.8. The van der Waals surface area contributed by atoms with Gasteiger partial charge in [-0.1, -0.05) is 42.3 Å². The van der Waals surface area contributed by atoms with Crippen LogP contribution >= 0.6 is 23.2 Å². The predicted molar refractivity (Wildman–Crippen MR) is 106 cm³/mol. The van der Waals surface area contributed by atoms with E-state index in [9.17, 15) is 18.0 Å². The summed E-state index contributed by atoms with van der Waals surface area (Å²) in [5.74, 6) is -1.57. The molecule has 0 N–H and O–H groups in total. The van der Waals surface area contributed by atoms with Crippen LogP contribution in [0.25, 0.3) is 11.1 Å². The zero-order chi connectivity index (χ0) is 20.5. The topological polar surface area (TPSA) is 20.3 Å². The number of amides is 1. The molecule has 0 spiro atoms. The fourth-order valence-electron chi connectivity index (χ4n) is 3.51. The van der Waals surface area contributed by atoms with Crippen LogP contribution in [-0.2, 0) is 6.42 Å². The number of hydrogen-bond acceptors (Lipinski definition) is 1. The van der Waals surface area contributed by atoms with Gasteiger partial charge in [0.15, 0.2) is 0 Å². The van der Waals surface area contributed by atoms with Crippen LogP contribution in [0.3, 0.4) is 0 Å². The maximum Gasteiger partial charge on any atom is 0.391 e. The van der Waals surface area contributed by atoms with Gasteiger partial charge in [-0.25, -0.2) is 0 Å². The molecule has 1 amide bonds. The first kappa shape index (κ1) is 21.0. The lowest BCUT2D eigenvalue weighted by Crippen LogP contribution is -2.42. The minimum atomic E-state index is -4.19. The Morgan fingerprint density at radius 1 is 1.04 bits per heavy atom. The Hall–Kier alpha value is -1.72. The quantitative estimate of drug-likeness (QED) is 0.535. The Morgan fingerprint density at radius 3 is 2.04 bits per heavy atom. The number of rotatable bonds is 3. The van der Waals surface area contributed by atoms with Crippen molar-refractivity contribution >= 4 is 29.1 Å². The molecule has 0 atom stereocenters. The molecular weight excluding hydrogens is 410 g/mol. The van der Waals surface area contributed by atoms with Crippen LogP contribution in [0.2, 0.25) is 10.0 Å². The fourth-order valence-corrected chi connectivity index (χ4v) is 4.26. The van der Waals surface area contributed by atoms with Crippen molar-refractivity contribution in [1.29, 1.82) is 0 Å². The Bertz CT molecular complexity index is 834. The summed E-state index contributed by atoms with van der Waals surface area (Å²) in [5, 5.41) is 1.19. The highest BCUT2D eigenvalue weighted by Crippen LogP contribution is 2.35. The normalized spacial score (nSPS) is 15.7. The van der Waals surface area contributed by atoms with E-state index in [-0.39, 0.29) is 31.8 Å². The Morgan fingerprint density at radius 2 is 1.57 bits per heavy atom. The summed E-state index contributed by atoms with van der Waals surface area (Å²) < 4.78 is 38.3. The van der Waals surface area contributed by atoms with Gasteiger partial charge in [0.05, 0.1) is 5.92 Å². The van der Waals surface area contributed by atoms with Crippen LogP contribution in [0, 0.1) is 5.92 Å². The van der Waals surface area contributed by atoms with Crippen LogP contribution < -0.4 is 0 Å². The number of benzene rings is 2. The highest BCUT2D eigenvalue weighted by Gasteiger charge is 2.41. The van der Waals surface area contributed by atoms with Gasteiger partial charge in [0, 0.05) is 28.7 Å². The molecule has 2 nitrogen and oxygen atoms in total. The second kappa shape index (κ2) is 8.34. The van der Waals surface area contributed by atoms with Crippen molar-refractivity contribution < 1.29 is 18.0 Å². The minimum absolute atomic E-state index is 0.0475. The van der Waals surface area contributed by atoms with E-state index in [1.807, 2.05) is 19.1 Å². The van der Waals surface area contributed by atoms with E-state index in [2.05, 4.69) is 0 Å². The van der Waals surface area contributed by atoms with Gasteiger partial charge in [-0.15, -0.1) is 0 Å². The first-order valence-electron chi connectivity index (χ1n) is 9.15. The molecule has 0 bridgehead atoms. The number of nitrogens with zero attached hydrogens (tertiary/aromatic N) is 1. The van der Waals surface area contributed by atoms with E-state index >= 15 is 0 Å². The van der Waals surface area contributed by atoms with E-state index < -0.39 is 12.1 Å². The van der Waals surface area contributed by atoms with E-state index in [0.29, 0.717) is 15.6 Å². The first-order chi connectivity index (χ1) is 13.2. The number of carbonyl (C=O) groups excluding carboxylic acids is 1. The summed E-state index contributed by atoms with van der Waals surface area (Å²) >= 11 is 12.6. The van der Waals surface area contributed by atoms with Crippen molar-refractivity contribution in [1.82, 2.24) is 4.90 Å². The third-order valence-corrected chi connectivity index (χ3v) is 5.88. The summed E-state index contributed by atoms with van der Waals surface area (Å²) in [6.07, 6.45) is -3.55. The van der Waals surface area contributed by atoms with E-state index in [0.717, 1.165) is 23.1 Å². The van der Waals surface area contributed by atoms with Gasteiger partial charge in [0.2, 0.25) is 0 Å². The van der Waals surface area contributed by atoms with Crippen LogP contribution in [0.5, 0.6) is 0 Å². The number of hydrogen-bond donors (Lipinski definition) is 0. The van der Waals surface area contributed by atoms with Gasteiger partial charge in [0.1, 0.15) is 0 Å². The Kier molecular flexibility index (Phi) is 6.25. The molecule has 0 unspecified atom stereocenters. The average Bonchev–Trinajstić information content (AvgIpc) is 2.67. The van der Waals surface area contributed by atoms with Crippen molar-refractivity contribution in [2.75, 3.05) is 13.1 Å². The molecule has 1 heterocycles. The summed E-state index contributed by atoms with van der Waals surface area (Å²) in [7, 11) is 0. The smallest absolute Gasteiger partial charge is 0.339 e. The Balaban J connectivity index is 1.72. The van der Waals surface area contributed by atoms with Gasteiger partial charge in [0.25, 0.3) is 5.91 Å². The molecular formula is C21H20Cl2F3NO. The number of likely N-dealkylation sites (tertiary alicyclic amines) is 1. The molecule has 1 aliphatic heterocycles. The molecule has 1 fully saturated rings. The number of halogens is 5.